The Morgan fingerprint density at radius 2 is 2.25 bits per heavy atom. The molecule has 0 fully saturated rings. The quantitative estimate of drug-likeness (QED) is 0.669. The van der Waals surface area contributed by atoms with Gasteiger partial charge < -0.3 is 5.73 Å². The van der Waals surface area contributed by atoms with Gasteiger partial charge in [0.2, 0.25) is 0 Å². The van der Waals surface area contributed by atoms with Gasteiger partial charge >= 0.3 is 0 Å². The highest BCUT2D eigenvalue weighted by Gasteiger charge is 2.25. The minimum Gasteiger partial charge on any atom is -0.375 e. The molecule has 2 N–H and O–H groups in total. The fourth-order valence-corrected chi connectivity index (χ4v) is 2.75. The third-order valence-electron chi connectivity index (χ3n) is 2.86. The summed E-state index contributed by atoms with van der Waals surface area (Å²) in [6, 6.07) is 0. The Labute approximate surface area is 76.8 Å². The highest BCUT2D eigenvalue weighted by molar-refractivity contribution is 7.15. The number of aryl methyl sites for hydroxylation is 1. The van der Waals surface area contributed by atoms with Crippen LogP contribution in [0.15, 0.2) is 0 Å². The van der Waals surface area contributed by atoms with E-state index in [1.807, 2.05) is 0 Å². The molecule has 3 heteroatoms. The van der Waals surface area contributed by atoms with Crippen LogP contribution < -0.4 is 5.73 Å². The molecule has 2 nitrogen and oxygen atoms in total. The Bertz CT molecular complexity index is 293. The normalized spacial score (nSPS) is 28.5. The van der Waals surface area contributed by atoms with Crippen LogP contribution in [-0.2, 0) is 6.42 Å². The molecule has 66 valence electrons. The second-order valence-electron chi connectivity index (χ2n) is 3.67. The van der Waals surface area contributed by atoms with E-state index < -0.39 is 0 Å². The Morgan fingerprint density at radius 3 is 3.00 bits per heavy atom. The van der Waals surface area contributed by atoms with Gasteiger partial charge in [0.15, 0.2) is 5.13 Å². The first-order valence-corrected chi connectivity index (χ1v) is 5.25. The lowest BCUT2D eigenvalue weighted by Crippen LogP contribution is -2.14. The van der Waals surface area contributed by atoms with E-state index in [9.17, 15) is 0 Å². The smallest absolute Gasteiger partial charge is 0.180 e. The van der Waals surface area contributed by atoms with Crippen LogP contribution in [0.2, 0.25) is 0 Å². The van der Waals surface area contributed by atoms with Gasteiger partial charge in [0.25, 0.3) is 0 Å². The van der Waals surface area contributed by atoms with Crippen LogP contribution in [0.25, 0.3) is 0 Å². The first-order valence-electron chi connectivity index (χ1n) is 4.43. The molecule has 1 aliphatic rings. The van der Waals surface area contributed by atoms with E-state index in [0.29, 0.717) is 5.92 Å². The largest absolute Gasteiger partial charge is 0.375 e. The average Bonchev–Trinajstić information content (AvgIpc) is 2.39. The summed E-state index contributed by atoms with van der Waals surface area (Å²) in [5.41, 5.74) is 6.93. The van der Waals surface area contributed by atoms with E-state index in [-0.39, 0.29) is 0 Å². The van der Waals surface area contributed by atoms with Crippen molar-refractivity contribution in [2.24, 2.45) is 5.92 Å². The summed E-state index contributed by atoms with van der Waals surface area (Å²) >= 11 is 1.66. The van der Waals surface area contributed by atoms with Gasteiger partial charge in [-0.1, -0.05) is 13.8 Å². The third-order valence-corrected chi connectivity index (χ3v) is 3.82. The first-order chi connectivity index (χ1) is 5.68. The van der Waals surface area contributed by atoms with Crippen molar-refractivity contribution in [2.75, 3.05) is 5.73 Å². The van der Waals surface area contributed by atoms with Crippen LogP contribution in [0.1, 0.15) is 36.8 Å². The molecular weight excluding hydrogens is 168 g/mol. The molecule has 1 heterocycles. The van der Waals surface area contributed by atoms with E-state index >= 15 is 0 Å². The number of anilines is 1. The molecule has 0 saturated heterocycles. The van der Waals surface area contributed by atoms with E-state index in [4.69, 9.17) is 5.73 Å². The fraction of sp³-hybridized carbons (Fsp3) is 0.667. The molecule has 2 rings (SSSR count). The zero-order valence-electron chi connectivity index (χ0n) is 7.50. The van der Waals surface area contributed by atoms with Crippen molar-refractivity contribution in [3.05, 3.63) is 10.6 Å². The highest BCUT2D eigenvalue weighted by Crippen LogP contribution is 2.38. The highest BCUT2D eigenvalue weighted by atomic mass is 32.1. The van der Waals surface area contributed by atoms with Crippen LogP contribution in [-0.4, -0.2) is 4.98 Å². The Balaban J connectivity index is 2.41. The molecule has 0 aromatic carbocycles. The number of rotatable bonds is 0. The first kappa shape index (κ1) is 8.05. The van der Waals surface area contributed by atoms with Crippen LogP contribution >= 0.6 is 11.3 Å². The van der Waals surface area contributed by atoms with Gasteiger partial charge in [0.1, 0.15) is 0 Å². The topological polar surface area (TPSA) is 38.9 Å². The van der Waals surface area contributed by atoms with Gasteiger partial charge in [-0.25, -0.2) is 4.98 Å². The summed E-state index contributed by atoms with van der Waals surface area (Å²) in [5.74, 6) is 1.36. The van der Waals surface area contributed by atoms with Crippen molar-refractivity contribution in [2.45, 2.75) is 32.6 Å². The SMILES string of the molecule is CC1CCc2sc(N)nc2C1C. The lowest BCUT2D eigenvalue weighted by atomic mass is 9.83. The minimum absolute atomic E-state index is 0.599. The number of nitrogens with two attached hydrogens (primary N) is 1. The zero-order valence-corrected chi connectivity index (χ0v) is 8.32. The summed E-state index contributed by atoms with van der Waals surface area (Å²) in [5, 5.41) is 0.737. The minimum atomic E-state index is 0.599. The van der Waals surface area contributed by atoms with E-state index in [1.54, 1.807) is 11.3 Å². The summed E-state index contributed by atoms with van der Waals surface area (Å²) in [6.45, 7) is 4.55. The summed E-state index contributed by atoms with van der Waals surface area (Å²) < 4.78 is 0. The van der Waals surface area contributed by atoms with E-state index in [0.717, 1.165) is 11.0 Å². The molecule has 0 spiro atoms. The van der Waals surface area contributed by atoms with Crippen LogP contribution in [0.4, 0.5) is 5.13 Å². The van der Waals surface area contributed by atoms with Crippen molar-refractivity contribution in [3.8, 4) is 0 Å². The summed E-state index contributed by atoms with van der Waals surface area (Å²) in [6.07, 6.45) is 2.46. The fourth-order valence-electron chi connectivity index (χ4n) is 1.80. The maximum Gasteiger partial charge on any atom is 0.180 e. The van der Waals surface area contributed by atoms with Crippen molar-refractivity contribution in [3.63, 3.8) is 0 Å². The molecule has 0 bridgehead atoms. The monoisotopic (exact) mass is 182 g/mol. The molecule has 2 atom stereocenters. The molecule has 1 aromatic heterocycles. The second-order valence-corrected chi connectivity index (χ2v) is 4.78. The lowest BCUT2D eigenvalue weighted by molar-refractivity contribution is 0.422. The summed E-state index contributed by atoms with van der Waals surface area (Å²) in [4.78, 5) is 5.79. The third kappa shape index (κ3) is 1.12. The standard InChI is InChI=1S/C9H14N2S/c1-5-3-4-7-8(6(5)2)11-9(10)12-7/h5-6H,3-4H2,1-2H3,(H2,10,11). The molecule has 1 aromatic rings. The maximum atomic E-state index is 5.67. The van der Waals surface area contributed by atoms with Crippen molar-refractivity contribution in [1.82, 2.24) is 4.98 Å². The molecule has 1 aliphatic carbocycles. The van der Waals surface area contributed by atoms with E-state index in [1.165, 1.54) is 23.4 Å². The Hall–Kier alpha value is -0.570. The maximum absolute atomic E-state index is 5.67. The zero-order chi connectivity index (χ0) is 8.72. The van der Waals surface area contributed by atoms with Gasteiger partial charge in [0.05, 0.1) is 5.69 Å². The molecule has 0 radical (unpaired) electrons. The van der Waals surface area contributed by atoms with Gasteiger partial charge in [-0.3, -0.25) is 0 Å². The molecular formula is C9H14N2S. The van der Waals surface area contributed by atoms with Crippen LogP contribution in [0.3, 0.4) is 0 Å². The molecule has 0 amide bonds. The van der Waals surface area contributed by atoms with Crippen molar-refractivity contribution < 1.29 is 0 Å². The number of hydrogen-bond donors (Lipinski definition) is 1. The van der Waals surface area contributed by atoms with Gasteiger partial charge in [-0.15, -0.1) is 11.3 Å². The number of hydrogen-bond acceptors (Lipinski definition) is 3. The van der Waals surface area contributed by atoms with E-state index in [2.05, 4.69) is 18.8 Å². The summed E-state index contributed by atoms with van der Waals surface area (Å²) in [7, 11) is 0. The molecule has 2 unspecified atom stereocenters. The Kier molecular flexibility index (Phi) is 1.83. The average molecular weight is 182 g/mol. The Morgan fingerprint density at radius 1 is 1.50 bits per heavy atom. The molecule has 0 aliphatic heterocycles. The lowest BCUT2D eigenvalue weighted by Gasteiger charge is -2.23. The van der Waals surface area contributed by atoms with Crippen molar-refractivity contribution >= 4 is 16.5 Å². The molecule has 12 heavy (non-hydrogen) atoms. The van der Waals surface area contributed by atoms with Gasteiger partial charge in [-0.2, -0.15) is 0 Å². The van der Waals surface area contributed by atoms with Gasteiger partial charge in [-0.05, 0) is 18.8 Å². The number of aromatic nitrogens is 1. The molecule has 0 saturated carbocycles. The van der Waals surface area contributed by atoms with Gasteiger partial charge in [0, 0.05) is 10.8 Å². The van der Waals surface area contributed by atoms with Crippen LogP contribution in [0.5, 0.6) is 0 Å². The number of thiazole rings is 1. The number of fused-ring (bicyclic) bond motifs is 1. The van der Waals surface area contributed by atoms with Crippen molar-refractivity contribution in [1.29, 1.82) is 0 Å². The number of nitrogen functional groups attached to an aromatic ring is 1. The van der Waals surface area contributed by atoms with Crippen LogP contribution in [0, 0.1) is 5.92 Å². The predicted octanol–water partition coefficient (Wildman–Crippen LogP) is 2.41. The predicted molar refractivity (Wildman–Crippen MR) is 52.4 cm³/mol. The number of nitrogens with zero attached hydrogens (tertiary/aromatic N) is 1. The second kappa shape index (κ2) is 2.73.